The summed E-state index contributed by atoms with van der Waals surface area (Å²) in [6.45, 7) is 1.78. The van der Waals surface area contributed by atoms with Crippen molar-refractivity contribution in [1.82, 2.24) is 15.1 Å². The number of carbonyl (C=O) groups excluding carboxylic acids is 1. The van der Waals surface area contributed by atoms with Gasteiger partial charge in [-0.2, -0.15) is 5.10 Å². The van der Waals surface area contributed by atoms with E-state index in [1.807, 2.05) is 0 Å². The number of aromatic nitrogens is 2. The van der Waals surface area contributed by atoms with Crippen molar-refractivity contribution in [3.05, 3.63) is 17.5 Å². The van der Waals surface area contributed by atoms with Crippen LogP contribution < -0.4 is 0 Å². The van der Waals surface area contributed by atoms with Gasteiger partial charge in [0.2, 0.25) is 0 Å². The van der Waals surface area contributed by atoms with Gasteiger partial charge in [-0.3, -0.25) is 9.89 Å². The zero-order valence-electron chi connectivity index (χ0n) is 11.5. The van der Waals surface area contributed by atoms with Crippen LogP contribution in [0, 0.1) is 12.8 Å². The Morgan fingerprint density at radius 3 is 2.80 bits per heavy atom. The van der Waals surface area contributed by atoms with Crippen molar-refractivity contribution in [2.24, 2.45) is 5.92 Å². The lowest BCUT2D eigenvalue weighted by molar-refractivity contribution is -0.141. The van der Waals surface area contributed by atoms with Crippen LogP contribution in [-0.4, -0.2) is 44.2 Å². The molecule has 3 rings (SSSR count). The minimum absolute atomic E-state index is 0.0756. The molecule has 1 amide bonds. The number of hydrogen-bond acceptors (Lipinski definition) is 3. The van der Waals surface area contributed by atoms with E-state index in [1.165, 1.54) is 6.20 Å². The highest BCUT2D eigenvalue weighted by atomic mass is 16.4. The van der Waals surface area contributed by atoms with Gasteiger partial charge >= 0.3 is 5.97 Å². The maximum absolute atomic E-state index is 12.7. The molecule has 2 fully saturated rings. The van der Waals surface area contributed by atoms with Gasteiger partial charge in [-0.25, -0.2) is 4.79 Å². The highest BCUT2D eigenvalue weighted by Crippen LogP contribution is 2.40. The minimum atomic E-state index is -0.895. The first-order valence-corrected chi connectivity index (χ1v) is 7.15. The summed E-state index contributed by atoms with van der Waals surface area (Å²) in [7, 11) is 0. The largest absolute Gasteiger partial charge is 0.480 e. The lowest BCUT2D eigenvalue weighted by atomic mass is 9.84. The SMILES string of the molecule is Cc1[nH]ncc1C(=O)N1[C@H](C(=O)O)C[C@@H]2CCCC[C@@H]21. The smallest absolute Gasteiger partial charge is 0.326 e. The van der Waals surface area contributed by atoms with E-state index in [2.05, 4.69) is 10.2 Å². The summed E-state index contributed by atoms with van der Waals surface area (Å²) in [5, 5.41) is 16.0. The summed E-state index contributed by atoms with van der Waals surface area (Å²) in [5.41, 5.74) is 1.18. The predicted octanol–water partition coefficient (Wildman–Crippen LogP) is 1.58. The van der Waals surface area contributed by atoms with Crippen LogP contribution in [-0.2, 0) is 4.79 Å². The summed E-state index contributed by atoms with van der Waals surface area (Å²) >= 11 is 0. The van der Waals surface area contributed by atoms with E-state index in [0.717, 1.165) is 25.7 Å². The quantitative estimate of drug-likeness (QED) is 0.859. The summed E-state index contributed by atoms with van der Waals surface area (Å²) in [5.74, 6) is -0.757. The van der Waals surface area contributed by atoms with Gasteiger partial charge < -0.3 is 10.0 Å². The fourth-order valence-corrected chi connectivity index (χ4v) is 3.68. The standard InChI is InChI=1S/C14H19N3O3/c1-8-10(7-15-16-8)13(18)17-11-5-3-2-4-9(11)6-12(17)14(19)20/h7,9,11-12H,2-6H2,1H3,(H,15,16)(H,19,20)/t9-,11-,12-/m0/s1. The molecular weight excluding hydrogens is 258 g/mol. The molecule has 20 heavy (non-hydrogen) atoms. The molecule has 2 aliphatic rings. The van der Waals surface area contributed by atoms with E-state index in [0.29, 0.717) is 23.6 Å². The van der Waals surface area contributed by atoms with Crippen LogP contribution in [0.25, 0.3) is 0 Å². The molecule has 1 saturated carbocycles. The minimum Gasteiger partial charge on any atom is -0.480 e. The van der Waals surface area contributed by atoms with Crippen LogP contribution in [0.1, 0.15) is 48.2 Å². The molecule has 2 heterocycles. The van der Waals surface area contributed by atoms with Crippen molar-refractivity contribution in [3.8, 4) is 0 Å². The fourth-order valence-electron chi connectivity index (χ4n) is 3.68. The molecule has 2 N–H and O–H groups in total. The predicted molar refractivity (Wildman–Crippen MR) is 71.3 cm³/mol. The first-order valence-electron chi connectivity index (χ1n) is 7.15. The maximum atomic E-state index is 12.7. The molecule has 6 heteroatoms. The van der Waals surface area contributed by atoms with Crippen LogP contribution in [0.2, 0.25) is 0 Å². The van der Waals surface area contributed by atoms with Gasteiger partial charge in [0.25, 0.3) is 5.91 Å². The van der Waals surface area contributed by atoms with Crippen LogP contribution in [0.3, 0.4) is 0 Å². The summed E-state index contributed by atoms with van der Waals surface area (Å²) in [6, 6.07) is -0.614. The van der Waals surface area contributed by atoms with E-state index in [9.17, 15) is 14.7 Å². The third-order valence-corrected chi connectivity index (χ3v) is 4.67. The van der Waals surface area contributed by atoms with Crippen LogP contribution in [0.5, 0.6) is 0 Å². The number of hydrogen-bond donors (Lipinski definition) is 2. The second-order valence-electron chi connectivity index (χ2n) is 5.82. The second-order valence-corrected chi connectivity index (χ2v) is 5.82. The van der Waals surface area contributed by atoms with Crippen molar-refractivity contribution < 1.29 is 14.7 Å². The Kier molecular flexibility index (Phi) is 3.23. The maximum Gasteiger partial charge on any atom is 0.326 e. The first-order chi connectivity index (χ1) is 9.59. The van der Waals surface area contributed by atoms with E-state index in [1.54, 1.807) is 11.8 Å². The summed E-state index contributed by atoms with van der Waals surface area (Å²) in [4.78, 5) is 25.8. The third-order valence-electron chi connectivity index (χ3n) is 4.67. The second kappa shape index (κ2) is 4.92. The zero-order valence-corrected chi connectivity index (χ0v) is 11.5. The number of rotatable bonds is 2. The van der Waals surface area contributed by atoms with Gasteiger partial charge in [-0.15, -0.1) is 0 Å². The molecule has 0 aromatic carbocycles. The average Bonchev–Trinajstić information content (AvgIpc) is 3.01. The Labute approximate surface area is 117 Å². The Hall–Kier alpha value is -1.85. The van der Waals surface area contributed by atoms with Crippen molar-refractivity contribution >= 4 is 11.9 Å². The molecule has 1 aromatic rings. The van der Waals surface area contributed by atoms with Gasteiger partial charge in [0.1, 0.15) is 6.04 Å². The van der Waals surface area contributed by atoms with Gasteiger partial charge in [0.05, 0.1) is 11.8 Å². The average molecular weight is 277 g/mol. The summed E-state index contributed by atoms with van der Waals surface area (Å²) in [6.07, 6.45) is 6.23. The number of aromatic amines is 1. The Morgan fingerprint density at radius 2 is 2.15 bits per heavy atom. The Bertz CT molecular complexity index is 540. The number of carboxylic acid groups (broad SMARTS) is 1. The molecule has 0 unspecified atom stereocenters. The van der Waals surface area contributed by atoms with Gasteiger partial charge in [-0.1, -0.05) is 12.8 Å². The normalized spacial score (nSPS) is 29.2. The number of amides is 1. The lowest BCUT2D eigenvalue weighted by Crippen LogP contribution is -2.46. The van der Waals surface area contributed by atoms with E-state index >= 15 is 0 Å². The first kappa shape index (κ1) is 13.1. The molecule has 3 atom stereocenters. The lowest BCUT2D eigenvalue weighted by Gasteiger charge is -2.32. The van der Waals surface area contributed by atoms with Gasteiger partial charge in [-0.05, 0) is 32.1 Å². The van der Waals surface area contributed by atoms with Crippen molar-refractivity contribution in [2.45, 2.75) is 51.1 Å². The number of H-pyrrole nitrogens is 1. The van der Waals surface area contributed by atoms with Crippen molar-refractivity contribution in [1.29, 1.82) is 0 Å². The molecule has 1 saturated heterocycles. The molecule has 1 aliphatic heterocycles. The molecule has 0 bridgehead atoms. The van der Waals surface area contributed by atoms with Crippen LogP contribution >= 0.6 is 0 Å². The number of aliphatic carboxylic acids is 1. The van der Waals surface area contributed by atoms with Crippen LogP contribution in [0.15, 0.2) is 6.20 Å². The topological polar surface area (TPSA) is 86.3 Å². The van der Waals surface area contributed by atoms with Gasteiger partial charge in [0.15, 0.2) is 0 Å². The third kappa shape index (κ3) is 1.99. The highest BCUT2D eigenvalue weighted by Gasteiger charge is 2.47. The number of nitrogens with zero attached hydrogens (tertiary/aromatic N) is 2. The molecule has 0 radical (unpaired) electrons. The number of nitrogens with one attached hydrogen (secondary N) is 1. The number of aryl methyl sites for hydroxylation is 1. The Balaban J connectivity index is 1.93. The van der Waals surface area contributed by atoms with E-state index in [4.69, 9.17) is 0 Å². The molecule has 6 nitrogen and oxygen atoms in total. The molecular formula is C14H19N3O3. The number of likely N-dealkylation sites (tertiary alicyclic amines) is 1. The van der Waals surface area contributed by atoms with Gasteiger partial charge in [0, 0.05) is 11.7 Å². The number of carboxylic acids is 1. The van der Waals surface area contributed by atoms with Crippen LogP contribution in [0.4, 0.5) is 0 Å². The number of carbonyl (C=O) groups is 2. The molecule has 108 valence electrons. The monoisotopic (exact) mass is 277 g/mol. The molecule has 0 spiro atoms. The summed E-state index contributed by atoms with van der Waals surface area (Å²) < 4.78 is 0. The zero-order chi connectivity index (χ0) is 14.3. The van der Waals surface area contributed by atoms with E-state index < -0.39 is 12.0 Å². The van der Waals surface area contributed by atoms with Crippen molar-refractivity contribution in [2.75, 3.05) is 0 Å². The van der Waals surface area contributed by atoms with Crippen molar-refractivity contribution in [3.63, 3.8) is 0 Å². The highest BCUT2D eigenvalue weighted by molar-refractivity contribution is 5.98. The Morgan fingerprint density at radius 1 is 1.40 bits per heavy atom. The molecule has 1 aliphatic carbocycles. The molecule has 1 aromatic heterocycles. The number of fused-ring (bicyclic) bond motifs is 1. The van der Waals surface area contributed by atoms with E-state index in [-0.39, 0.29) is 11.9 Å². The fraction of sp³-hybridized carbons (Fsp3) is 0.643.